The molecule has 3 N–H and O–H groups in total. The van der Waals surface area contributed by atoms with E-state index in [0.717, 1.165) is 13.0 Å². The molecule has 2 atom stereocenters. The molecule has 0 saturated carbocycles. The normalized spacial score (nSPS) is 26.7. The highest BCUT2D eigenvalue weighted by atomic mass is 16.5. The van der Waals surface area contributed by atoms with Crippen LogP contribution in [0.4, 0.5) is 0 Å². The van der Waals surface area contributed by atoms with Crippen LogP contribution in [0.3, 0.4) is 0 Å². The summed E-state index contributed by atoms with van der Waals surface area (Å²) in [5.74, 6) is 0.478. The van der Waals surface area contributed by atoms with E-state index in [1.165, 1.54) is 0 Å². The van der Waals surface area contributed by atoms with E-state index in [0.29, 0.717) is 19.0 Å². The molecule has 1 heterocycles. The molecule has 88 valence electrons. The lowest BCUT2D eigenvalue weighted by Crippen LogP contribution is -2.44. The van der Waals surface area contributed by atoms with Crippen LogP contribution in [0.2, 0.25) is 0 Å². The molecule has 0 radical (unpaired) electrons. The molecule has 0 spiro atoms. The third-order valence-corrected chi connectivity index (χ3v) is 3.18. The van der Waals surface area contributed by atoms with Gasteiger partial charge in [-0.25, -0.2) is 0 Å². The number of ether oxygens (including phenoxy) is 1. The standard InChI is InChI=1S/C11H22N2O2/c1-8-9(4-5-15-8)6-13-10(14)11(2,3)7-12/h8-9H,4-7,12H2,1-3H3,(H,13,14). The highest BCUT2D eigenvalue weighted by molar-refractivity contribution is 5.82. The van der Waals surface area contributed by atoms with E-state index in [9.17, 15) is 4.79 Å². The van der Waals surface area contributed by atoms with E-state index in [4.69, 9.17) is 10.5 Å². The lowest BCUT2D eigenvalue weighted by atomic mass is 9.92. The first-order valence-electron chi connectivity index (χ1n) is 5.57. The average Bonchev–Trinajstić information content (AvgIpc) is 2.60. The maximum absolute atomic E-state index is 11.7. The molecule has 1 fully saturated rings. The van der Waals surface area contributed by atoms with Gasteiger partial charge >= 0.3 is 0 Å². The minimum atomic E-state index is -0.470. The van der Waals surface area contributed by atoms with E-state index in [1.807, 2.05) is 13.8 Å². The quantitative estimate of drug-likeness (QED) is 0.717. The van der Waals surface area contributed by atoms with Crippen LogP contribution in [0.1, 0.15) is 27.2 Å². The minimum absolute atomic E-state index is 0.0316. The first-order chi connectivity index (χ1) is 6.97. The van der Waals surface area contributed by atoms with Gasteiger partial charge < -0.3 is 15.8 Å². The van der Waals surface area contributed by atoms with Gasteiger partial charge in [0, 0.05) is 25.6 Å². The van der Waals surface area contributed by atoms with Gasteiger partial charge in [0.25, 0.3) is 0 Å². The Kier molecular flexibility index (Phi) is 4.11. The summed E-state index contributed by atoms with van der Waals surface area (Å²) in [5.41, 5.74) is 5.06. The van der Waals surface area contributed by atoms with Crippen LogP contribution >= 0.6 is 0 Å². The Hall–Kier alpha value is -0.610. The van der Waals surface area contributed by atoms with Crippen LogP contribution in [0.25, 0.3) is 0 Å². The number of nitrogens with two attached hydrogens (primary N) is 1. The molecule has 1 aliphatic rings. The molecule has 4 heteroatoms. The number of amides is 1. The molecule has 0 aromatic rings. The smallest absolute Gasteiger partial charge is 0.226 e. The molecule has 4 nitrogen and oxygen atoms in total. The Morgan fingerprint density at radius 2 is 2.27 bits per heavy atom. The highest BCUT2D eigenvalue weighted by Crippen LogP contribution is 2.20. The molecule has 0 aromatic heterocycles. The van der Waals surface area contributed by atoms with Crippen LogP contribution in [0.5, 0.6) is 0 Å². The first kappa shape index (κ1) is 12.5. The van der Waals surface area contributed by atoms with Crippen LogP contribution in [-0.2, 0) is 9.53 Å². The van der Waals surface area contributed by atoms with E-state index in [1.54, 1.807) is 0 Å². The second-order valence-electron chi connectivity index (χ2n) is 4.92. The first-order valence-corrected chi connectivity index (χ1v) is 5.57. The van der Waals surface area contributed by atoms with Gasteiger partial charge in [-0.3, -0.25) is 4.79 Å². The van der Waals surface area contributed by atoms with Crippen molar-refractivity contribution in [3.05, 3.63) is 0 Å². The number of hydrogen-bond donors (Lipinski definition) is 2. The molecule has 0 aliphatic carbocycles. The second kappa shape index (κ2) is 4.94. The van der Waals surface area contributed by atoms with Gasteiger partial charge in [0.15, 0.2) is 0 Å². The number of carbonyl (C=O) groups is 1. The van der Waals surface area contributed by atoms with Crippen molar-refractivity contribution >= 4 is 5.91 Å². The monoisotopic (exact) mass is 214 g/mol. The fourth-order valence-corrected chi connectivity index (χ4v) is 1.60. The van der Waals surface area contributed by atoms with Crippen molar-refractivity contribution < 1.29 is 9.53 Å². The fraction of sp³-hybridized carbons (Fsp3) is 0.909. The summed E-state index contributed by atoms with van der Waals surface area (Å²) in [6.07, 6.45) is 1.29. The highest BCUT2D eigenvalue weighted by Gasteiger charge is 2.29. The summed E-state index contributed by atoms with van der Waals surface area (Å²) in [5, 5.41) is 2.95. The zero-order valence-corrected chi connectivity index (χ0v) is 9.88. The van der Waals surface area contributed by atoms with E-state index >= 15 is 0 Å². The molecular weight excluding hydrogens is 192 g/mol. The summed E-state index contributed by atoms with van der Waals surface area (Å²) >= 11 is 0. The van der Waals surface area contributed by atoms with Crippen molar-refractivity contribution in [1.82, 2.24) is 5.32 Å². The largest absolute Gasteiger partial charge is 0.378 e. The molecule has 1 rings (SSSR count). The zero-order valence-electron chi connectivity index (χ0n) is 9.88. The van der Waals surface area contributed by atoms with Gasteiger partial charge in [-0.2, -0.15) is 0 Å². The predicted octanol–water partition coefficient (Wildman–Crippen LogP) is 0.513. The third-order valence-electron chi connectivity index (χ3n) is 3.18. The Bertz CT molecular complexity index is 229. The van der Waals surface area contributed by atoms with Gasteiger partial charge in [-0.1, -0.05) is 0 Å². The predicted molar refractivity (Wildman–Crippen MR) is 59.4 cm³/mol. The molecule has 2 unspecified atom stereocenters. The maximum atomic E-state index is 11.7. The van der Waals surface area contributed by atoms with Crippen LogP contribution in [0.15, 0.2) is 0 Å². The number of carbonyl (C=O) groups excluding carboxylic acids is 1. The van der Waals surface area contributed by atoms with Crippen molar-refractivity contribution in [1.29, 1.82) is 0 Å². The zero-order chi connectivity index (χ0) is 11.5. The number of nitrogens with one attached hydrogen (secondary N) is 1. The third kappa shape index (κ3) is 3.18. The minimum Gasteiger partial charge on any atom is -0.378 e. The van der Waals surface area contributed by atoms with Crippen LogP contribution in [-0.4, -0.2) is 31.7 Å². The SMILES string of the molecule is CC1OCCC1CNC(=O)C(C)(C)CN. The average molecular weight is 214 g/mol. The lowest BCUT2D eigenvalue weighted by molar-refractivity contribution is -0.129. The van der Waals surface area contributed by atoms with Crippen LogP contribution < -0.4 is 11.1 Å². The Morgan fingerprint density at radius 1 is 1.60 bits per heavy atom. The Labute approximate surface area is 91.5 Å². The number of hydrogen-bond acceptors (Lipinski definition) is 3. The Morgan fingerprint density at radius 3 is 2.73 bits per heavy atom. The Balaban J connectivity index is 2.34. The number of rotatable bonds is 4. The van der Waals surface area contributed by atoms with Crippen molar-refractivity contribution in [2.45, 2.75) is 33.3 Å². The molecule has 0 aromatic carbocycles. The molecule has 15 heavy (non-hydrogen) atoms. The van der Waals surface area contributed by atoms with E-state index < -0.39 is 5.41 Å². The summed E-state index contributed by atoms with van der Waals surface area (Å²) in [4.78, 5) is 11.7. The molecule has 1 amide bonds. The van der Waals surface area contributed by atoms with Crippen LogP contribution in [0, 0.1) is 11.3 Å². The summed E-state index contributed by atoms with van der Waals surface area (Å²) in [6.45, 7) is 7.65. The topological polar surface area (TPSA) is 64.3 Å². The van der Waals surface area contributed by atoms with Gasteiger partial charge in [0.1, 0.15) is 0 Å². The fourth-order valence-electron chi connectivity index (χ4n) is 1.60. The molecule has 1 saturated heterocycles. The van der Waals surface area contributed by atoms with Crippen molar-refractivity contribution in [3.63, 3.8) is 0 Å². The van der Waals surface area contributed by atoms with E-state index in [2.05, 4.69) is 12.2 Å². The van der Waals surface area contributed by atoms with Gasteiger partial charge in [0.05, 0.1) is 11.5 Å². The van der Waals surface area contributed by atoms with Gasteiger partial charge in [0.2, 0.25) is 5.91 Å². The molecular formula is C11H22N2O2. The van der Waals surface area contributed by atoms with Crippen molar-refractivity contribution in [3.8, 4) is 0 Å². The lowest BCUT2D eigenvalue weighted by Gasteiger charge is -2.23. The summed E-state index contributed by atoms with van der Waals surface area (Å²) in [7, 11) is 0. The van der Waals surface area contributed by atoms with E-state index in [-0.39, 0.29) is 12.0 Å². The van der Waals surface area contributed by atoms with Crippen molar-refractivity contribution in [2.75, 3.05) is 19.7 Å². The summed E-state index contributed by atoms with van der Waals surface area (Å²) in [6, 6.07) is 0. The van der Waals surface area contributed by atoms with Gasteiger partial charge in [-0.15, -0.1) is 0 Å². The molecule has 1 aliphatic heterocycles. The van der Waals surface area contributed by atoms with Gasteiger partial charge in [-0.05, 0) is 27.2 Å². The summed E-state index contributed by atoms with van der Waals surface area (Å²) < 4.78 is 5.43. The van der Waals surface area contributed by atoms with Crippen molar-refractivity contribution in [2.24, 2.45) is 17.1 Å². The maximum Gasteiger partial charge on any atom is 0.226 e. The second-order valence-corrected chi connectivity index (χ2v) is 4.92. The molecule has 0 bridgehead atoms.